The summed E-state index contributed by atoms with van der Waals surface area (Å²) in [5.74, 6) is -0.291. The molecule has 5 rings (SSSR count). The number of nitrogens with zero attached hydrogens (tertiary/aromatic N) is 1. The lowest BCUT2D eigenvalue weighted by Gasteiger charge is -2.30. The standard InChI is InChI=1S/C36H36BrN3O7/c1-45-33-18-25(14-17-32(33)39-36(44)38-31-13-6-5-12-30(31)37)19-34(41)40-27(22-46-21-24-8-3-2-4-9-24)15-16-28(40)23-47-29-11-7-10-26(20-29)35(42)43/h2-14,17-18,20,27-28H,15-16,19,21-23H2,1H3,(H,42,43)(H2,38,39,44)/t27?,28-/m0/s1. The summed E-state index contributed by atoms with van der Waals surface area (Å²) in [5, 5.41) is 15.0. The first-order valence-corrected chi connectivity index (χ1v) is 16.0. The van der Waals surface area contributed by atoms with E-state index in [0.29, 0.717) is 48.1 Å². The molecule has 0 saturated carbocycles. The number of ether oxygens (including phenoxy) is 3. The fourth-order valence-electron chi connectivity index (χ4n) is 5.55. The minimum atomic E-state index is -1.04. The van der Waals surface area contributed by atoms with Crippen molar-refractivity contribution < 1.29 is 33.7 Å². The average Bonchev–Trinajstić information content (AvgIpc) is 3.49. The van der Waals surface area contributed by atoms with Crippen LogP contribution < -0.4 is 20.1 Å². The van der Waals surface area contributed by atoms with E-state index in [0.717, 1.165) is 16.5 Å². The number of carboxylic acids is 1. The Morgan fingerprint density at radius 2 is 1.55 bits per heavy atom. The molecule has 4 aromatic carbocycles. The molecule has 11 heteroatoms. The van der Waals surface area contributed by atoms with Gasteiger partial charge in [-0.05, 0) is 82.4 Å². The van der Waals surface area contributed by atoms with Gasteiger partial charge in [-0.15, -0.1) is 0 Å². The quantitative estimate of drug-likeness (QED) is 0.137. The van der Waals surface area contributed by atoms with Crippen molar-refractivity contribution in [2.45, 2.75) is 38.0 Å². The zero-order valence-corrected chi connectivity index (χ0v) is 27.4. The molecule has 0 aromatic heterocycles. The maximum absolute atomic E-state index is 13.9. The molecule has 1 aliphatic rings. The van der Waals surface area contributed by atoms with Gasteiger partial charge in [-0.25, -0.2) is 9.59 Å². The average molecular weight is 703 g/mol. The first-order chi connectivity index (χ1) is 22.8. The Bertz CT molecular complexity index is 1700. The normalized spacial score (nSPS) is 15.6. The molecule has 1 aliphatic heterocycles. The van der Waals surface area contributed by atoms with E-state index in [1.807, 2.05) is 53.4 Å². The number of hydrogen-bond donors (Lipinski definition) is 3. The number of methoxy groups -OCH3 is 1. The zero-order chi connectivity index (χ0) is 33.2. The molecule has 47 heavy (non-hydrogen) atoms. The fraction of sp³-hybridized carbons (Fsp3) is 0.250. The Balaban J connectivity index is 1.27. The molecule has 3 amide bonds. The van der Waals surface area contributed by atoms with Crippen LogP contribution in [-0.4, -0.2) is 60.3 Å². The fourth-order valence-corrected chi connectivity index (χ4v) is 5.93. The van der Waals surface area contributed by atoms with E-state index in [2.05, 4.69) is 26.6 Å². The zero-order valence-electron chi connectivity index (χ0n) is 25.9. The Labute approximate surface area is 281 Å². The highest BCUT2D eigenvalue weighted by atomic mass is 79.9. The molecular formula is C36H36BrN3O7. The van der Waals surface area contributed by atoms with E-state index in [-0.39, 0.29) is 36.6 Å². The van der Waals surface area contributed by atoms with Gasteiger partial charge in [0.05, 0.1) is 55.8 Å². The van der Waals surface area contributed by atoms with E-state index in [1.54, 1.807) is 36.4 Å². The number of carboxylic acid groups (broad SMARTS) is 1. The third-order valence-corrected chi connectivity index (χ3v) is 8.54. The molecule has 2 atom stereocenters. The number of likely N-dealkylation sites (tertiary alicyclic amines) is 1. The highest BCUT2D eigenvalue weighted by Gasteiger charge is 2.37. The van der Waals surface area contributed by atoms with Crippen molar-refractivity contribution in [1.82, 2.24) is 4.90 Å². The molecule has 4 aromatic rings. The second-order valence-electron chi connectivity index (χ2n) is 11.1. The minimum Gasteiger partial charge on any atom is -0.495 e. The van der Waals surface area contributed by atoms with Crippen molar-refractivity contribution in [3.63, 3.8) is 0 Å². The van der Waals surface area contributed by atoms with Crippen LogP contribution >= 0.6 is 15.9 Å². The van der Waals surface area contributed by atoms with Gasteiger partial charge in [0.15, 0.2) is 0 Å². The Hall–Kier alpha value is -4.87. The van der Waals surface area contributed by atoms with Crippen LogP contribution in [0, 0.1) is 0 Å². The van der Waals surface area contributed by atoms with Crippen molar-refractivity contribution in [1.29, 1.82) is 0 Å². The summed E-state index contributed by atoms with van der Waals surface area (Å²) >= 11 is 3.42. The Morgan fingerprint density at radius 1 is 0.830 bits per heavy atom. The van der Waals surface area contributed by atoms with Crippen LogP contribution in [0.25, 0.3) is 0 Å². The van der Waals surface area contributed by atoms with Crippen molar-refractivity contribution in [2.75, 3.05) is 31.0 Å². The number of nitrogens with one attached hydrogen (secondary N) is 2. The topological polar surface area (TPSA) is 126 Å². The summed E-state index contributed by atoms with van der Waals surface area (Å²) in [4.78, 5) is 39.9. The number of carbonyl (C=O) groups excluding carboxylic acids is 2. The monoisotopic (exact) mass is 701 g/mol. The number of anilines is 2. The van der Waals surface area contributed by atoms with E-state index < -0.39 is 12.0 Å². The maximum atomic E-state index is 13.9. The Morgan fingerprint density at radius 3 is 2.30 bits per heavy atom. The SMILES string of the molecule is COc1cc(CC(=O)N2C(COCc3ccccc3)CC[C@H]2COc2cccc(C(=O)O)c2)ccc1NC(=O)Nc1ccccc1Br. The summed E-state index contributed by atoms with van der Waals surface area (Å²) < 4.78 is 18.4. The number of urea groups is 1. The number of para-hydroxylation sites is 1. The van der Waals surface area contributed by atoms with E-state index in [9.17, 15) is 19.5 Å². The van der Waals surface area contributed by atoms with Gasteiger partial charge in [-0.2, -0.15) is 0 Å². The van der Waals surface area contributed by atoms with Gasteiger partial charge in [0, 0.05) is 4.47 Å². The molecule has 1 heterocycles. The number of amides is 3. The number of hydrogen-bond acceptors (Lipinski definition) is 6. The Kier molecular flexibility index (Phi) is 11.5. The number of rotatable bonds is 13. The van der Waals surface area contributed by atoms with Crippen LogP contribution in [0.4, 0.5) is 16.2 Å². The largest absolute Gasteiger partial charge is 0.495 e. The highest BCUT2D eigenvalue weighted by molar-refractivity contribution is 9.10. The van der Waals surface area contributed by atoms with Crippen molar-refractivity contribution in [3.05, 3.63) is 118 Å². The summed E-state index contributed by atoms with van der Waals surface area (Å²) in [5.41, 5.74) is 2.97. The van der Waals surface area contributed by atoms with Crippen LogP contribution in [0.3, 0.4) is 0 Å². The lowest BCUT2D eigenvalue weighted by molar-refractivity contribution is -0.135. The summed E-state index contributed by atoms with van der Waals surface area (Å²) in [6, 6.07) is 27.9. The second kappa shape index (κ2) is 16.1. The maximum Gasteiger partial charge on any atom is 0.335 e. The van der Waals surface area contributed by atoms with E-state index in [4.69, 9.17) is 14.2 Å². The van der Waals surface area contributed by atoms with Gasteiger partial charge < -0.3 is 34.9 Å². The molecule has 3 N–H and O–H groups in total. The predicted molar refractivity (Wildman–Crippen MR) is 182 cm³/mol. The molecule has 0 radical (unpaired) electrons. The highest BCUT2D eigenvalue weighted by Crippen LogP contribution is 2.30. The number of aromatic carboxylic acids is 1. The number of benzene rings is 4. The van der Waals surface area contributed by atoms with Crippen molar-refractivity contribution in [2.24, 2.45) is 0 Å². The van der Waals surface area contributed by atoms with Crippen LogP contribution in [0.5, 0.6) is 11.5 Å². The van der Waals surface area contributed by atoms with Crippen molar-refractivity contribution in [3.8, 4) is 11.5 Å². The van der Waals surface area contributed by atoms with Gasteiger partial charge in [0.1, 0.15) is 18.1 Å². The van der Waals surface area contributed by atoms with Gasteiger partial charge >= 0.3 is 12.0 Å². The molecule has 0 bridgehead atoms. The van der Waals surface area contributed by atoms with E-state index in [1.165, 1.54) is 19.2 Å². The van der Waals surface area contributed by atoms with Crippen LogP contribution in [0.15, 0.2) is 102 Å². The van der Waals surface area contributed by atoms with Crippen molar-refractivity contribution >= 4 is 45.2 Å². The second-order valence-corrected chi connectivity index (χ2v) is 12.0. The van der Waals surface area contributed by atoms with Crippen LogP contribution in [0.1, 0.15) is 34.3 Å². The molecule has 0 spiro atoms. The molecule has 10 nitrogen and oxygen atoms in total. The molecule has 244 valence electrons. The lowest BCUT2D eigenvalue weighted by Crippen LogP contribution is -2.46. The molecule has 1 fully saturated rings. The molecular weight excluding hydrogens is 666 g/mol. The first kappa shape index (κ1) is 33.5. The molecule has 0 aliphatic carbocycles. The summed E-state index contributed by atoms with van der Waals surface area (Å²) in [7, 11) is 1.51. The minimum absolute atomic E-state index is 0.0972. The lowest BCUT2D eigenvalue weighted by atomic mass is 10.1. The number of halogens is 1. The third-order valence-electron chi connectivity index (χ3n) is 7.84. The first-order valence-electron chi connectivity index (χ1n) is 15.2. The van der Waals surface area contributed by atoms with Crippen LogP contribution in [0.2, 0.25) is 0 Å². The predicted octanol–water partition coefficient (Wildman–Crippen LogP) is 7.00. The van der Waals surface area contributed by atoms with Gasteiger partial charge in [-0.3, -0.25) is 4.79 Å². The van der Waals surface area contributed by atoms with E-state index >= 15 is 0 Å². The van der Waals surface area contributed by atoms with Gasteiger partial charge in [0.25, 0.3) is 0 Å². The molecule has 1 unspecified atom stereocenters. The number of carbonyl (C=O) groups is 3. The van der Waals surface area contributed by atoms with Gasteiger partial charge in [0.2, 0.25) is 5.91 Å². The molecule has 1 saturated heterocycles. The third kappa shape index (κ3) is 9.11. The summed E-state index contributed by atoms with van der Waals surface area (Å²) in [6.07, 6.45) is 1.55. The van der Waals surface area contributed by atoms with Gasteiger partial charge in [-0.1, -0.05) is 54.6 Å². The van der Waals surface area contributed by atoms with Crippen LogP contribution in [-0.2, 0) is 22.6 Å². The smallest absolute Gasteiger partial charge is 0.335 e. The summed E-state index contributed by atoms with van der Waals surface area (Å²) in [6.45, 7) is 1.01.